The molecule has 0 saturated carbocycles. The van der Waals surface area contributed by atoms with Crippen LogP contribution in [0.1, 0.15) is 15.9 Å². The van der Waals surface area contributed by atoms with Crippen LogP contribution in [0.5, 0.6) is 5.75 Å². The highest BCUT2D eigenvalue weighted by molar-refractivity contribution is 9.10. The lowest BCUT2D eigenvalue weighted by Gasteiger charge is -2.18. The predicted octanol–water partition coefficient (Wildman–Crippen LogP) is 4.19. The fourth-order valence-electron chi connectivity index (χ4n) is 1.85. The molecule has 0 unspecified atom stereocenters. The maximum absolute atomic E-state index is 12.3. The van der Waals surface area contributed by atoms with E-state index in [2.05, 4.69) is 31.9 Å². The minimum absolute atomic E-state index is 0.0247. The monoisotopic (exact) mass is 397 g/mol. The van der Waals surface area contributed by atoms with Gasteiger partial charge in [-0.15, -0.1) is 0 Å². The molecule has 2 aromatic rings. The molecule has 0 atom stereocenters. The standard InChI is InChI=1S/C15H13Br2NO2/c1-18(9-10-4-2-3-5-13(10)17)15(20)12-7-6-11(16)8-14(12)19/h2-8,19H,9H2,1H3. The van der Waals surface area contributed by atoms with Crippen LogP contribution in [-0.2, 0) is 6.54 Å². The molecule has 0 spiro atoms. The van der Waals surface area contributed by atoms with Crippen molar-refractivity contribution in [3.05, 3.63) is 62.5 Å². The van der Waals surface area contributed by atoms with Crippen LogP contribution in [0.15, 0.2) is 51.4 Å². The molecule has 0 heterocycles. The van der Waals surface area contributed by atoms with E-state index >= 15 is 0 Å². The van der Waals surface area contributed by atoms with Crippen molar-refractivity contribution in [1.82, 2.24) is 4.90 Å². The average molecular weight is 399 g/mol. The molecule has 20 heavy (non-hydrogen) atoms. The summed E-state index contributed by atoms with van der Waals surface area (Å²) < 4.78 is 1.69. The number of hydrogen-bond acceptors (Lipinski definition) is 2. The number of carbonyl (C=O) groups excluding carboxylic acids is 1. The molecule has 0 fully saturated rings. The highest BCUT2D eigenvalue weighted by Crippen LogP contribution is 2.24. The van der Waals surface area contributed by atoms with Crippen LogP contribution in [0.3, 0.4) is 0 Å². The summed E-state index contributed by atoms with van der Waals surface area (Å²) in [6.45, 7) is 0.468. The summed E-state index contributed by atoms with van der Waals surface area (Å²) >= 11 is 6.72. The summed E-state index contributed by atoms with van der Waals surface area (Å²) in [6.07, 6.45) is 0. The lowest BCUT2D eigenvalue weighted by Crippen LogP contribution is -2.26. The smallest absolute Gasteiger partial charge is 0.257 e. The van der Waals surface area contributed by atoms with Crippen LogP contribution in [-0.4, -0.2) is 23.0 Å². The van der Waals surface area contributed by atoms with E-state index in [0.717, 1.165) is 14.5 Å². The summed E-state index contributed by atoms with van der Waals surface area (Å²) in [6, 6.07) is 12.6. The van der Waals surface area contributed by atoms with Crippen molar-refractivity contribution >= 4 is 37.8 Å². The van der Waals surface area contributed by atoms with Gasteiger partial charge in [0, 0.05) is 22.5 Å². The van der Waals surface area contributed by atoms with Crippen molar-refractivity contribution in [1.29, 1.82) is 0 Å². The first-order valence-corrected chi connectivity index (χ1v) is 7.55. The first-order valence-electron chi connectivity index (χ1n) is 5.96. The van der Waals surface area contributed by atoms with Gasteiger partial charge in [0.15, 0.2) is 0 Å². The van der Waals surface area contributed by atoms with E-state index in [1.807, 2.05) is 24.3 Å². The molecule has 0 radical (unpaired) electrons. The van der Waals surface area contributed by atoms with Crippen molar-refractivity contribution in [2.75, 3.05) is 7.05 Å². The molecule has 0 saturated heterocycles. The molecule has 1 amide bonds. The molecule has 0 aromatic heterocycles. The summed E-state index contributed by atoms with van der Waals surface area (Å²) in [7, 11) is 1.71. The van der Waals surface area contributed by atoms with Crippen molar-refractivity contribution < 1.29 is 9.90 Å². The number of carbonyl (C=O) groups is 1. The van der Waals surface area contributed by atoms with Gasteiger partial charge >= 0.3 is 0 Å². The third kappa shape index (κ3) is 3.41. The molecule has 0 aliphatic heterocycles. The van der Waals surface area contributed by atoms with Crippen LogP contribution in [0.4, 0.5) is 0 Å². The fraction of sp³-hybridized carbons (Fsp3) is 0.133. The van der Waals surface area contributed by atoms with Gasteiger partial charge < -0.3 is 10.0 Å². The Morgan fingerprint density at radius 2 is 1.90 bits per heavy atom. The molecular weight excluding hydrogens is 386 g/mol. The Kier molecular flexibility index (Phi) is 4.83. The molecule has 0 aliphatic rings. The molecule has 1 N–H and O–H groups in total. The summed E-state index contributed by atoms with van der Waals surface area (Å²) in [5.74, 6) is -0.242. The number of phenols is 1. The largest absolute Gasteiger partial charge is 0.507 e. The second kappa shape index (κ2) is 6.41. The Balaban J connectivity index is 2.19. The van der Waals surface area contributed by atoms with Gasteiger partial charge in [0.25, 0.3) is 5.91 Å². The molecule has 3 nitrogen and oxygen atoms in total. The summed E-state index contributed by atoms with van der Waals surface area (Å²) in [5, 5.41) is 9.84. The zero-order valence-electron chi connectivity index (χ0n) is 10.8. The van der Waals surface area contributed by atoms with Gasteiger partial charge in [-0.2, -0.15) is 0 Å². The average Bonchev–Trinajstić information content (AvgIpc) is 2.40. The van der Waals surface area contributed by atoms with Crippen LogP contribution < -0.4 is 0 Å². The maximum Gasteiger partial charge on any atom is 0.257 e. The van der Waals surface area contributed by atoms with Gasteiger partial charge in [-0.3, -0.25) is 4.79 Å². The first-order chi connectivity index (χ1) is 9.49. The minimum Gasteiger partial charge on any atom is -0.507 e. The molecule has 5 heteroatoms. The van der Waals surface area contributed by atoms with E-state index < -0.39 is 0 Å². The van der Waals surface area contributed by atoms with Crippen molar-refractivity contribution in [3.8, 4) is 5.75 Å². The number of halogens is 2. The van der Waals surface area contributed by atoms with Crippen LogP contribution in [0.25, 0.3) is 0 Å². The Bertz CT molecular complexity index is 644. The normalized spacial score (nSPS) is 10.3. The number of aromatic hydroxyl groups is 1. The van der Waals surface area contributed by atoms with E-state index in [-0.39, 0.29) is 11.7 Å². The van der Waals surface area contributed by atoms with Gasteiger partial charge in [-0.05, 0) is 29.8 Å². The van der Waals surface area contributed by atoms with Crippen molar-refractivity contribution in [2.45, 2.75) is 6.54 Å². The summed E-state index contributed by atoms with van der Waals surface area (Å²) in [5.41, 5.74) is 1.31. The zero-order valence-corrected chi connectivity index (χ0v) is 14.0. The number of hydrogen-bond donors (Lipinski definition) is 1. The Morgan fingerprint density at radius 3 is 2.55 bits per heavy atom. The highest BCUT2D eigenvalue weighted by atomic mass is 79.9. The van der Waals surface area contributed by atoms with Gasteiger partial charge in [0.1, 0.15) is 5.75 Å². The number of amides is 1. The number of rotatable bonds is 3. The van der Waals surface area contributed by atoms with E-state index in [1.54, 1.807) is 24.1 Å². The Labute approximate surface area is 134 Å². The fourth-order valence-corrected chi connectivity index (χ4v) is 2.60. The van der Waals surface area contributed by atoms with E-state index in [9.17, 15) is 9.90 Å². The second-order valence-electron chi connectivity index (χ2n) is 4.41. The van der Waals surface area contributed by atoms with Gasteiger partial charge in [0.05, 0.1) is 5.56 Å². The van der Waals surface area contributed by atoms with Crippen LogP contribution in [0.2, 0.25) is 0 Å². The molecule has 2 aromatic carbocycles. The van der Waals surface area contributed by atoms with Crippen molar-refractivity contribution in [2.24, 2.45) is 0 Å². The summed E-state index contributed by atoms with van der Waals surface area (Å²) in [4.78, 5) is 13.9. The Morgan fingerprint density at radius 1 is 1.20 bits per heavy atom. The third-order valence-corrected chi connectivity index (χ3v) is 4.17. The SMILES string of the molecule is CN(Cc1ccccc1Br)C(=O)c1ccc(Br)cc1O. The lowest BCUT2D eigenvalue weighted by atomic mass is 10.1. The van der Waals surface area contributed by atoms with Gasteiger partial charge in [0.2, 0.25) is 0 Å². The quantitative estimate of drug-likeness (QED) is 0.841. The first kappa shape index (κ1) is 15.1. The van der Waals surface area contributed by atoms with Crippen LogP contribution in [0, 0.1) is 0 Å². The highest BCUT2D eigenvalue weighted by Gasteiger charge is 2.16. The third-order valence-electron chi connectivity index (χ3n) is 2.90. The molecular formula is C15H13Br2NO2. The van der Waals surface area contributed by atoms with E-state index in [0.29, 0.717) is 12.1 Å². The zero-order chi connectivity index (χ0) is 14.7. The van der Waals surface area contributed by atoms with Gasteiger partial charge in [-0.1, -0.05) is 50.1 Å². The van der Waals surface area contributed by atoms with E-state index in [1.165, 1.54) is 6.07 Å². The maximum atomic E-state index is 12.3. The predicted molar refractivity (Wildman–Crippen MR) is 85.7 cm³/mol. The number of benzene rings is 2. The topological polar surface area (TPSA) is 40.5 Å². The minimum atomic E-state index is -0.217. The van der Waals surface area contributed by atoms with Crippen molar-refractivity contribution in [3.63, 3.8) is 0 Å². The van der Waals surface area contributed by atoms with E-state index in [4.69, 9.17) is 0 Å². The Hall–Kier alpha value is -1.33. The van der Waals surface area contributed by atoms with Gasteiger partial charge in [-0.25, -0.2) is 0 Å². The molecule has 0 aliphatic carbocycles. The number of nitrogens with zero attached hydrogens (tertiary/aromatic N) is 1. The molecule has 0 bridgehead atoms. The molecule has 104 valence electrons. The second-order valence-corrected chi connectivity index (χ2v) is 6.18. The number of phenolic OH excluding ortho intramolecular Hbond substituents is 1. The van der Waals surface area contributed by atoms with Crippen LogP contribution >= 0.6 is 31.9 Å². The lowest BCUT2D eigenvalue weighted by molar-refractivity contribution is 0.0782. The molecule has 2 rings (SSSR count).